The predicted octanol–water partition coefficient (Wildman–Crippen LogP) is 2.81. The number of unbranched alkanes of at least 4 members (excludes halogenated alkanes) is 2. The van der Waals surface area contributed by atoms with Crippen molar-refractivity contribution in [2.24, 2.45) is 5.73 Å². The molecular formula is C20H30N2O5S. The Bertz CT molecular complexity index is 862. The highest BCUT2D eigenvalue weighted by Crippen LogP contribution is 2.45. The van der Waals surface area contributed by atoms with Crippen molar-refractivity contribution >= 4 is 15.9 Å². The average molecular weight is 411 g/mol. The summed E-state index contributed by atoms with van der Waals surface area (Å²) in [6.45, 7) is 3.51. The summed E-state index contributed by atoms with van der Waals surface area (Å²) in [5, 5.41) is 21.5. The van der Waals surface area contributed by atoms with Crippen LogP contribution in [0.2, 0.25) is 0 Å². The van der Waals surface area contributed by atoms with Crippen LogP contribution in [-0.4, -0.2) is 31.1 Å². The first-order valence-corrected chi connectivity index (χ1v) is 11.2. The van der Waals surface area contributed by atoms with Crippen LogP contribution >= 0.6 is 0 Å². The van der Waals surface area contributed by atoms with Gasteiger partial charge in [0.25, 0.3) is 10.0 Å². The molecule has 1 atom stereocenters. The lowest BCUT2D eigenvalue weighted by Crippen LogP contribution is -2.36. The first-order valence-electron chi connectivity index (χ1n) is 9.72. The molecule has 1 aromatic rings. The van der Waals surface area contributed by atoms with Crippen LogP contribution in [0.1, 0.15) is 69.4 Å². The third kappa shape index (κ3) is 5.05. The fourth-order valence-corrected chi connectivity index (χ4v) is 5.06. The lowest BCUT2D eigenvalue weighted by Gasteiger charge is -2.24. The Kier molecular flexibility index (Phi) is 7.48. The largest absolute Gasteiger partial charge is 0.507 e. The fourth-order valence-electron chi connectivity index (χ4n) is 3.70. The van der Waals surface area contributed by atoms with Crippen LogP contribution in [0.15, 0.2) is 22.6 Å². The quantitative estimate of drug-likeness (QED) is 0.385. The minimum atomic E-state index is -4.32. The Morgan fingerprint density at radius 1 is 1.32 bits per heavy atom. The molecule has 1 amide bonds. The number of rotatable bonds is 8. The molecule has 0 saturated carbocycles. The SMILES string of the molecule is CCCCCc1cc(O)c(C2C=C(C)CCC2)c(O)c1S(=O)(=O)NC(=O)CN. The molecule has 0 radical (unpaired) electrons. The Morgan fingerprint density at radius 3 is 2.64 bits per heavy atom. The van der Waals surface area contributed by atoms with E-state index >= 15 is 0 Å². The van der Waals surface area contributed by atoms with Crippen LogP contribution in [0.3, 0.4) is 0 Å². The number of sulfonamides is 1. The first-order chi connectivity index (χ1) is 13.2. The van der Waals surface area contributed by atoms with E-state index in [-0.39, 0.29) is 22.1 Å². The first kappa shape index (κ1) is 22.2. The van der Waals surface area contributed by atoms with Gasteiger partial charge in [0.2, 0.25) is 5.91 Å². The van der Waals surface area contributed by atoms with Gasteiger partial charge in [0.1, 0.15) is 16.4 Å². The molecule has 1 unspecified atom stereocenters. The Labute approximate surface area is 166 Å². The molecule has 2 rings (SSSR count). The van der Waals surface area contributed by atoms with Crippen molar-refractivity contribution in [3.8, 4) is 11.5 Å². The Morgan fingerprint density at radius 2 is 2.04 bits per heavy atom. The van der Waals surface area contributed by atoms with E-state index in [0.29, 0.717) is 24.8 Å². The van der Waals surface area contributed by atoms with E-state index in [2.05, 4.69) is 0 Å². The number of hydrogen-bond acceptors (Lipinski definition) is 6. The maximum atomic E-state index is 12.8. The van der Waals surface area contributed by atoms with Gasteiger partial charge >= 0.3 is 0 Å². The van der Waals surface area contributed by atoms with E-state index in [0.717, 1.165) is 31.3 Å². The summed E-state index contributed by atoms with van der Waals surface area (Å²) >= 11 is 0. The van der Waals surface area contributed by atoms with Gasteiger partial charge in [-0.25, -0.2) is 13.1 Å². The molecule has 156 valence electrons. The molecule has 1 aliphatic rings. The number of nitrogens with one attached hydrogen (secondary N) is 1. The molecule has 1 aromatic carbocycles. The Balaban J connectivity index is 2.62. The number of allylic oxidation sites excluding steroid dienone is 2. The minimum Gasteiger partial charge on any atom is -0.507 e. The van der Waals surface area contributed by atoms with Crippen molar-refractivity contribution in [1.82, 2.24) is 4.72 Å². The molecule has 0 heterocycles. The molecule has 28 heavy (non-hydrogen) atoms. The van der Waals surface area contributed by atoms with Gasteiger partial charge in [-0.2, -0.15) is 0 Å². The highest BCUT2D eigenvalue weighted by molar-refractivity contribution is 7.90. The van der Waals surface area contributed by atoms with E-state index in [1.54, 1.807) is 0 Å². The van der Waals surface area contributed by atoms with Crippen LogP contribution in [0.25, 0.3) is 0 Å². The van der Waals surface area contributed by atoms with Gasteiger partial charge in [0, 0.05) is 11.5 Å². The normalized spacial score (nSPS) is 17.2. The van der Waals surface area contributed by atoms with Crippen molar-refractivity contribution < 1.29 is 23.4 Å². The zero-order valence-electron chi connectivity index (χ0n) is 16.5. The van der Waals surface area contributed by atoms with E-state index < -0.39 is 28.2 Å². The lowest BCUT2D eigenvalue weighted by atomic mass is 9.84. The lowest BCUT2D eigenvalue weighted by molar-refractivity contribution is -0.118. The molecule has 1 aliphatic carbocycles. The number of hydrogen-bond donors (Lipinski definition) is 4. The van der Waals surface area contributed by atoms with Gasteiger partial charge in [-0.05, 0) is 50.7 Å². The second-order valence-electron chi connectivity index (χ2n) is 7.35. The van der Waals surface area contributed by atoms with Crippen LogP contribution in [-0.2, 0) is 21.2 Å². The van der Waals surface area contributed by atoms with Gasteiger partial charge in [-0.15, -0.1) is 0 Å². The third-order valence-electron chi connectivity index (χ3n) is 5.04. The molecule has 0 fully saturated rings. The summed E-state index contributed by atoms with van der Waals surface area (Å²) in [4.78, 5) is 11.3. The van der Waals surface area contributed by atoms with E-state index in [1.807, 2.05) is 24.6 Å². The number of aromatic hydroxyl groups is 2. The van der Waals surface area contributed by atoms with Gasteiger partial charge in [-0.3, -0.25) is 4.79 Å². The van der Waals surface area contributed by atoms with Crippen LogP contribution in [0, 0.1) is 0 Å². The van der Waals surface area contributed by atoms with Crippen molar-refractivity contribution in [2.45, 2.75) is 69.6 Å². The fraction of sp³-hybridized carbons (Fsp3) is 0.550. The molecule has 5 N–H and O–H groups in total. The summed E-state index contributed by atoms with van der Waals surface area (Å²) < 4.78 is 27.6. The molecule has 8 heteroatoms. The minimum absolute atomic E-state index is 0.121. The highest BCUT2D eigenvalue weighted by atomic mass is 32.2. The topological polar surface area (TPSA) is 130 Å². The molecule has 0 aromatic heterocycles. The number of phenolic OH excluding ortho intramolecular Hbond substituents is 2. The van der Waals surface area contributed by atoms with Crippen molar-refractivity contribution in [2.75, 3.05) is 6.54 Å². The number of carbonyl (C=O) groups excluding carboxylic acids is 1. The Hall–Kier alpha value is -2.06. The second kappa shape index (κ2) is 9.43. The average Bonchev–Trinajstić information content (AvgIpc) is 2.61. The molecule has 0 bridgehead atoms. The van der Waals surface area contributed by atoms with Crippen molar-refractivity contribution in [3.05, 3.63) is 28.8 Å². The maximum Gasteiger partial charge on any atom is 0.268 e. The van der Waals surface area contributed by atoms with Gasteiger partial charge in [-0.1, -0.05) is 31.4 Å². The van der Waals surface area contributed by atoms with Crippen molar-refractivity contribution in [1.29, 1.82) is 0 Å². The molecule has 0 aliphatic heterocycles. The summed E-state index contributed by atoms with van der Waals surface area (Å²) in [6, 6.07) is 1.41. The number of phenols is 2. The number of nitrogens with two attached hydrogens (primary N) is 1. The van der Waals surface area contributed by atoms with Crippen LogP contribution < -0.4 is 10.5 Å². The summed E-state index contributed by atoms with van der Waals surface area (Å²) in [7, 11) is -4.32. The zero-order chi connectivity index (χ0) is 20.9. The smallest absolute Gasteiger partial charge is 0.268 e. The highest BCUT2D eigenvalue weighted by Gasteiger charge is 2.31. The molecule has 7 nitrogen and oxygen atoms in total. The summed E-state index contributed by atoms with van der Waals surface area (Å²) in [5.74, 6) is -1.75. The molecular weight excluding hydrogens is 380 g/mol. The second-order valence-corrected chi connectivity index (χ2v) is 8.97. The predicted molar refractivity (Wildman–Crippen MR) is 108 cm³/mol. The van der Waals surface area contributed by atoms with Gasteiger partial charge in [0.05, 0.1) is 6.54 Å². The monoisotopic (exact) mass is 410 g/mol. The number of amides is 1. The third-order valence-corrected chi connectivity index (χ3v) is 6.53. The number of benzene rings is 1. The van der Waals surface area contributed by atoms with E-state index in [1.165, 1.54) is 6.07 Å². The van der Waals surface area contributed by atoms with Gasteiger partial charge < -0.3 is 15.9 Å². The maximum absolute atomic E-state index is 12.8. The standard InChI is InChI=1S/C20H30N2O5S/c1-3-4-5-8-15-11-16(23)18(14-9-6-7-13(2)10-14)19(25)20(15)28(26,27)22-17(24)12-21/h10-11,14,23,25H,3-9,12,21H2,1-2H3,(H,22,24). The summed E-state index contributed by atoms with van der Waals surface area (Å²) in [6.07, 6.45) is 7.34. The van der Waals surface area contributed by atoms with E-state index in [4.69, 9.17) is 5.73 Å². The van der Waals surface area contributed by atoms with Gasteiger partial charge in [0.15, 0.2) is 0 Å². The van der Waals surface area contributed by atoms with Crippen LogP contribution in [0.4, 0.5) is 0 Å². The summed E-state index contributed by atoms with van der Waals surface area (Å²) in [5.41, 5.74) is 6.84. The zero-order valence-corrected chi connectivity index (χ0v) is 17.3. The van der Waals surface area contributed by atoms with E-state index in [9.17, 15) is 23.4 Å². The molecule has 0 spiro atoms. The number of aryl methyl sites for hydroxylation is 1. The number of carbonyl (C=O) groups is 1. The van der Waals surface area contributed by atoms with Crippen LogP contribution in [0.5, 0.6) is 11.5 Å². The van der Waals surface area contributed by atoms with Crippen molar-refractivity contribution in [3.63, 3.8) is 0 Å². The molecule has 0 saturated heterocycles.